The molecule has 16 heavy (non-hydrogen) atoms. The van der Waals surface area contributed by atoms with E-state index in [1.54, 1.807) is 6.33 Å². The molecule has 0 aromatic carbocycles. The highest BCUT2D eigenvalue weighted by Crippen LogP contribution is 2.18. The summed E-state index contributed by atoms with van der Waals surface area (Å²) in [4.78, 5) is 8.30. The third-order valence-electron chi connectivity index (χ3n) is 2.21. The van der Waals surface area contributed by atoms with Gasteiger partial charge in [-0.15, -0.1) is 0 Å². The van der Waals surface area contributed by atoms with E-state index in [0.29, 0.717) is 5.41 Å². The number of anilines is 2. The van der Waals surface area contributed by atoms with Gasteiger partial charge in [-0.3, -0.25) is 0 Å². The maximum atomic E-state index is 4.18. The smallest absolute Gasteiger partial charge is 0.131 e. The number of nitrogens with one attached hydrogen (secondary N) is 2. The van der Waals surface area contributed by atoms with E-state index in [0.717, 1.165) is 31.1 Å². The Hall–Kier alpha value is -1.32. The number of rotatable bonds is 5. The summed E-state index contributed by atoms with van der Waals surface area (Å²) in [7, 11) is 0. The summed E-state index contributed by atoms with van der Waals surface area (Å²) in [5.74, 6) is 1.76. The van der Waals surface area contributed by atoms with Crippen molar-refractivity contribution in [1.82, 2.24) is 9.97 Å². The Labute approximate surface area is 97.9 Å². The molecule has 0 radical (unpaired) electrons. The van der Waals surface area contributed by atoms with E-state index in [-0.39, 0.29) is 0 Å². The zero-order valence-electron chi connectivity index (χ0n) is 10.7. The van der Waals surface area contributed by atoms with Crippen molar-refractivity contribution >= 4 is 11.6 Å². The van der Waals surface area contributed by atoms with Crippen LogP contribution in [0.5, 0.6) is 0 Å². The highest BCUT2D eigenvalue weighted by atomic mass is 15.1. The van der Waals surface area contributed by atoms with Crippen molar-refractivity contribution in [2.45, 2.75) is 34.1 Å². The fraction of sp³-hybridized carbons (Fsp3) is 0.667. The third-order valence-corrected chi connectivity index (χ3v) is 2.21. The van der Waals surface area contributed by atoms with Crippen molar-refractivity contribution in [1.29, 1.82) is 0 Å². The van der Waals surface area contributed by atoms with E-state index >= 15 is 0 Å². The summed E-state index contributed by atoms with van der Waals surface area (Å²) in [6.07, 6.45) is 2.70. The number of hydrogen-bond donors (Lipinski definition) is 2. The first-order valence-electron chi connectivity index (χ1n) is 5.81. The van der Waals surface area contributed by atoms with Gasteiger partial charge in [0, 0.05) is 19.2 Å². The van der Waals surface area contributed by atoms with Crippen LogP contribution in [0.3, 0.4) is 0 Å². The quantitative estimate of drug-likeness (QED) is 0.804. The average Bonchev–Trinajstić information content (AvgIpc) is 2.17. The van der Waals surface area contributed by atoms with Crippen molar-refractivity contribution in [2.24, 2.45) is 5.41 Å². The van der Waals surface area contributed by atoms with Crippen LogP contribution in [0.25, 0.3) is 0 Å². The van der Waals surface area contributed by atoms with Crippen molar-refractivity contribution in [2.75, 3.05) is 23.7 Å². The van der Waals surface area contributed by atoms with Crippen molar-refractivity contribution in [3.63, 3.8) is 0 Å². The van der Waals surface area contributed by atoms with E-state index in [2.05, 4.69) is 48.3 Å². The topological polar surface area (TPSA) is 49.8 Å². The highest BCUT2D eigenvalue weighted by molar-refractivity contribution is 5.46. The minimum absolute atomic E-state index is 0.352. The van der Waals surface area contributed by atoms with E-state index in [9.17, 15) is 0 Å². The lowest BCUT2D eigenvalue weighted by atomic mass is 9.92. The van der Waals surface area contributed by atoms with Gasteiger partial charge in [-0.05, 0) is 18.8 Å². The molecule has 0 amide bonds. The Morgan fingerprint density at radius 2 is 1.75 bits per heavy atom. The van der Waals surface area contributed by atoms with E-state index < -0.39 is 0 Å². The molecule has 1 heterocycles. The van der Waals surface area contributed by atoms with E-state index in [4.69, 9.17) is 0 Å². The Kier molecular flexibility index (Phi) is 4.52. The van der Waals surface area contributed by atoms with Crippen LogP contribution >= 0.6 is 0 Å². The predicted molar refractivity (Wildman–Crippen MR) is 68.8 cm³/mol. The van der Waals surface area contributed by atoms with Gasteiger partial charge in [-0.1, -0.05) is 20.8 Å². The molecule has 0 saturated heterocycles. The maximum Gasteiger partial charge on any atom is 0.131 e. The number of nitrogens with zero attached hydrogens (tertiary/aromatic N) is 2. The highest BCUT2D eigenvalue weighted by Gasteiger charge is 2.09. The standard InChI is InChI=1S/C12H22N4/c1-5-13-10-8-11(16-9-15-10)14-7-6-12(2,3)4/h8-9H,5-7H2,1-4H3,(H2,13,14,15,16). The van der Waals surface area contributed by atoms with Gasteiger partial charge in [0.15, 0.2) is 0 Å². The first-order chi connectivity index (χ1) is 7.51. The summed E-state index contributed by atoms with van der Waals surface area (Å²) >= 11 is 0. The van der Waals surface area contributed by atoms with Gasteiger partial charge in [0.2, 0.25) is 0 Å². The first kappa shape index (κ1) is 12.7. The Balaban J connectivity index is 2.44. The molecule has 1 aromatic rings. The number of hydrogen-bond acceptors (Lipinski definition) is 4. The fourth-order valence-electron chi connectivity index (χ4n) is 1.30. The largest absolute Gasteiger partial charge is 0.370 e. The van der Waals surface area contributed by atoms with Gasteiger partial charge < -0.3 is 10.6 Å². The molecule has 4 heteroatoms. The molecule has 0 aliphatic heterocycles. The monoisotopic (exact) mass is 222 g/mol. The summed E-state index contributed by atoms with van der Waals surface area (Å²) in [5, 5.41) is 6.47. The first-order valence-corrected chi connectivity index (χ1v) is 5.81. The Morgan fingerprint density at radius 1 is 1.12 bits per heavy atom. The molecular formula is C12H22N4. The van der Waals surface area contributed by atoms with Crippen LogP contribution in [-0.2, 0) is 0 Å². The van der Waals surface area contributed by atoms with Crippen molar-refractivity contribution in [3.05, 3.63) is 12.4 Å². The lowest BCUT2D eigenvalue weighted by Crippen LogP contribution is -2.13. The normalized spacial score (nSPS) is 11.2. The predicted octanol–water partition coefficient (Wildman–Crippen LogP) is 2.76. The Bertz CT molecular complexity index is 317. The summed E-state index contributed by atoms with van der Waals surface area (Å²) < 4.78 is 0. The molecule has 0 aliphatic rings. The van der Waals surface area contributed by atoms with Gasteiger partial charge >= 0.3 is 0 Å². The molecule has 0 atom stereocenters. The van der Waals surface area contributed by atoms with Gasteiger partial charge in [0.1, 0.15) is 18.0 Å². The molecule has 0 fully saturated rings. The molecule has 0 aliphatic carbocycles. The van der Waals surface area contributed by atoms with Crippen molar-refractivity contribution < 1.29 is 0 Å². The van der Waals surface area contributed by atoms with Gasteiger partial charge in [0.05, 0.1) is 0 Å². The lowest BCUT2D eigenvalue weighted by molar-refractivity contribution is 0.389. The zero-order chi connectivity index (χ0) is 12.0. The van der Waals surface area contributed by atoms with Gasteiger partial charge in [-0.25, -0.2) is 9.97 Å². The molecule has 0 bridgehead atoms. The fourth-order valence-corrected chi connectivity index (χ4v) is 1.30. The van der Waals surface area contributed by atoms with Gasteiger partial charge in [-0.2, -0.15) is 0 Å². The molecule has 2 N–H and O–H groups in total. The average molecular weight is 222 g/mol. The van der Waals surface area contributed by atoms with E-state index in [1.807, 2.05) is 6.07 Å². The molecule has 1 rings (SSSR count). The molecule has 0 unspecified atom stereocenters. The molecule has 4 nitrogen and oxygen atoms in total. The molecule has 0 saturated carbocycles. The van der Waals surface area contributed by atoms with Crippen LogP contribution in [0, 0.1) is 5.41 Å². The van der Waals surface area contributed by atoms with Crippen LogP contribution in [0.1, 0.15) is 34.1 Å². The van der Waals surface area contributed by atoms with Crippen LogP contribution in [0.15, 0.2) is 12.4 Å². The number of aromatic nitrogens is 2. The minimum Gasteiger partial charge on any atom is -0.370 e. The summed E-state index contributed by atoms with van der Waals surface area (Å²) in [6, 6.07) is 1.94. The Morgan fingerprint density at radius 3 is 2.31 bits per heavy atom. The summed E-state index contributed by atoms with van der Waals surface area (Å²) in [6.45, 7) is 10.6. The third kappa shape index (κ3) is 4.96. The molecule has 1 aromatic heterocycles. The second-order valence-corrected chi connectivity index (χ2v) is 5.06. The van der Waals surface area contributed by atoms with Crippen molar-refractivity contribution in [3.8, 4) is 0 Å². The second-order valence-electron chi connectivity index (χ2n) is 5.06. The maximum absolute atomic E-state index is 4.18. The zero-order valence-corrected chi connectivity index (χ0v) is 10.7. The van der Waals surface area contributed by atoms with Gasteiger partial charge in [0.25, 0.3) is 0 Å². The van der Waals surface area contributed by atoms with E-state index in [1.165, 1.54) is 0 Å². The van der Waals surface area contributed by atoms with Crippen LogP contribution in [0.2, 0.25) is 0 Å². The molecular weight excluding hydrogens is 200 g/mol. The second kappa shape index (κ2) is 5.68. The minimum atomic E-state index is 0.352. The summed E-state index contributed by atoms with van der Waals surface area (Å²) in [5.41, 5.74) is 0.352. The molecule has 90 valence electrons. The lowest BCUT2D eigenvalue weighted by Gasteiger charge is -2.18. The van der Waals surface area contributed by atoms with Crippen LogP contribution in [0.4, 0.5) is 11.6 Å². The van der Waals surface area contributed by atoms with Crippen LogP contribution < -0.4 is 10.6 Å². The SMILES string of the molecule is CCNc1cc(NCCC(C)(C)C)ncn1. The molecule has 0 spiro atoms. The van der Waals surface area contributed by atoms with Crippen LogP contribution in [-0.4, -0.2) is 23.1 Å².